The zero-order chi connectivity index (χ0) is 49.5. The van der Waals surface area contributed by atoms with Gasteiger partial charge in [-0.3, -0.25) is 38.8 Å². The summed E-state index contributed by atoms with van der Waals surface area (Å²) in [6.07, 6.45) is -9.19. The molecule has 358 valence electrons. The Morgan fingerprint density at radius 1 is 0.750 bits per heavy atom. The van der Waals surface area contributed by atoms with E-state index in [2.05, 4.69) is 19.9 Å². The van der Waals surface area contributed by atoms with E-state index in [0.29, 0.717) is 28.9 Å². The Bertz CT molecular complexity index is 2900. The van der Waals surface area contributed by atoms with Crippen LogP contribution in [0.15, 0.2) is 66.9 Å². The van der Waals surface area contributed by atoms with Crippen molar-refractivity contribution >= 4 is 64.0 Å². The quantitative estimate of drug-likeness (QED) is 0.224. The fraction of sp³-hybridized carbons (Fsp3) is 0.378. The summed E-state index contributed by atoms with van der Waals surface area (Å²) in [5.41, 5.74) is 0.264. The molecule has 9 rings (SSSR count). The minimum Gasteiger partial charge on any atom is -0.387 e. The lowest BCUT2D eigenvalue weighted by Crippen LogP contribution is -2.51. The van der Waals surface area contributed by atoms with Crippen LogP contribution in [0.3, 0.4) is 0 Å². The van der Waals surface area contributed by atoms with Gasteiger partial charge in [-0.15, -0.1) is 0 Å². The second-order valence-electron chi connectivity index (χ2n) is 17.1. The molecule has 17 nitrogen and oxygen atoms in total. The molecule has 68 heavy (non-hydrogen) atoms. The third-order valence-corrected chi connectivity index (χ3v) is 11.8. The molecule has 3 fully saturated rings. The van der Waals surface area contributed by atoms with Crippen molar-refractivity contribution in [3.05, 3.63) is 101 Å². The Hall–Kier alpha value is -6.82. The maximum atomic E-state index is 13.8. The summed E-state index contributed by atoms with van der Waals surface area (Å²) in [6.45, 7) is 5.90. The SMILES string of the molecule is Cc1cc(C(F)(F)F)cc(N2C(=O)[C@@H](O)[C@@H](O)[C@H]2C(=O)N(C)c2ccc3ccn(C)c3n2)n1.Cc1cc(C(F)(F)F)cc(N2C(=O)[C@H]3OC(C)(C)O[C@H]3[C@H]2C(=O)N(C)c2ccc3c(n2)CC=C3)n1. The highest BCUT2D eigenvalue weighted by Gasteiger charge is 2.61. The molecule has 8 heterocycles. The zero-order valence-electron chi connectivity index (χ0n) is 37.2. The van der Waals surface area contributed by atoms with Crippen LogP contribution in [0.25, 0.3) is 17.1 Å². The van der Waals surface area contributed by atoms with Crippen molar-refractivity contribution in [3.8, 4) is 0 Å². The van der Waals surface area contributed by atoms with Crippen LogP contribution < -0.4 is 19.6 Å². The Morgan fingerprint density at radius 3 is 1.88 bits per heavy atom. The van der Waals surface area contributed by atoms with Crippen LogP contribution in [0.1, 0.15) is 47.6 Å². The van der Waals surface area contributed by atoms with Crippen molar-refractivity contribution in [2.75, 3.05) is 33.7 Å². The molecule has 4 aliphatic rings. The number of aliphatic hydroxyl groups is 2. The molecular weight excluding hydrogens is 909 g/mol. The number of carbonyl (C=O) groups excluding carboxylic acids is 4. The molecule has 0 radical (unpaired) electrons. The Labute approximate surface area is 383 Å². The molecular formula is C45H43F6N9O8. The summed E-state index contributed by atoms with van der Waals surface area (Å²) in [7, 11) is 4.62. The molecule has 3 aliphatic heterocycles. The van der Waals surface area contributed by atoms with Crippen molar-refractivity contribution in [3.63, 3.8) is 0 Å². The van der Waals surface area contributed by atoms with Crippen LogP contribution in [0.2, 0.25) is 0 Å². The summed E-state index contributed by atoms with van der Waals surface area (Å²) in [5.74, 6) is -4.67. The molecule has 0 unspecified atom stereocenters. The molecule has 2 N–H and O–H groups in total. The molecule has 3 saturated heterocycles. The van der Waals surface area contributed by atoms with Crippen LogP contribution in [-0.4, -0.2) is 115 Å². The smallest absolute Gasteiger partial charge is 0.387 e. The number of anilines is 4. The Morgan fingerprint density at radius 2 is 1.29 bits per heavy atom. The normalized spacial score (nSPS) is 22.9. The van der Waals surface area contributed by atoms with E-state index in [-0.39, 0.29) is 23.0 Å². The summed E-state index contributed by atoms with van der Waals surface area (Å²) in [5, 5.41) is 21.4. The number of hydrogen-bond donors (Lipinski definition) is 2. The standard InChI is InChI=1S/C24H23F3N4O4.C21H20F3N5O4/c1-12-10-14(24(25,26)27)11-17(28-12)31-18(19-20(22(31)33)35-23(2,3)34-19)21(32)30(4)16-9-8-13-6-5-7-15(13)29-16;1-10-8-12(21(22,23)24)9-14(25-10)29-15(16(30)17(31)20(29)33)19(32)28(3)13-5-4-11-6-7-27(2)18(11)26-13/h5-6,8-11,18-20H,7H2,1-4H3;4-9,15-17,30-31H,1-3H3/t18-,19-,20-;15-,16-,17-/m00/s1. The van der Waals surface area contributed by atoms with E-state index in [9.17, 15) is 55.7 Å². The third-order valence-electron chi connectivity index (χ3n) is 11.8. The van der Waals surface area contributed by atoms with Gasteiger partial charge in [0.25, 0.3) is 23.6 Å². The number of hydrogen-bond acceptors (Lipinski definition) is 12. The van der Waals surface area contributed by atoms with Gasteiger partial charge >= 0.3 is 12.4 Å². The average Bonchev–Trinajstić information content (AvgIpc) is 4.07. The number of aliphatic hydroxyl groups excluding tert-OH is 2. The number of pyridine rings is 4. The van der Waals surface area contributed by atoms with Crippen LogP contribution in [-0.2, 0) is 54.5 Å². The number of amides is 4. The topological polar surface area (TPSA) is 197 Å². The molecule has 23 heteroatoms. The van der Waals surface area contributed by atoms with Crippen molar-refractivity contribution in [2.45, 2.75) is 88.8 Å². The second kappa shape index (κ2) is 17.1. The van der Waals surface area contributed by atoms with Crippen molar-refractivity contribution in [2.24, 2.45) is 7.05 Å². The number of fused-ring (bicyclic) bond motifs is 3. The van der Waals surface area contributed by atoms with Crippen LogP contribution in [0.4, 0.5) is 49.6 Å². The first-order valence-electron chi connectivity index (χ1n) is 20.9. The number of allylic oxidation sites excluding steroid dienone is 1. The Balaban J connectivity index is 0.000000184. The number of halogens is 6. The molecule has 0 saturated carbocycles. The number of alkyl halides is 6. The van der Waals surface area contributed by atoms with Crippen LogP contribution >= 0.6 is 0 Å². The highest BCUT2D eigenvalue weighted by molar-refractivity contribution is 6.11. The number of likely N-dealkylation sites (N-methyl/N-ethyl adjacent to an activating group) is 2. The molecule has 5 aromatic rings. The van der Waals surface area contributed by atoms with E-state index in [1.165, 1.54) is 32.8 Å². The van der Waals surface area contributed by atoms with Gasteiger partial charge in [0.15, 0.2) is 18.0 Å². The number of ether oxygens (including phenoxy) is 2. The molecule has 0 spiro atoms. The predicted octanol–water partition coefficient (Wildman–Crippen LogP) is 4.67. The van der Waals surface area contributed by atoms with Gasteiger partial charge in [0.1, 0.15) is 53.2 Å². The molecule has 4 amide bonds. The molecule has 0 bridgehead atoms. The minimum atomic E-state index is -4.73. The molecule has 1 aliphatic carbocycles. The van der Waals surface area contributed by atoms with Gasteiger partial charge in [-0.05, 0) is 87.9 Å². The number of aryl methyl sites for hydroxylation is 3. The lowest BCUT2D eigenvalue weighted by molar-refractivity contribution is -0.161. The Kier molecular flexibility index (Phi) is 12.0. The van der Waals surface area contributed by atoms with Gasteiger partial charge in [-0.1, -0.05) is 12.2 Å². The highest BCUT2D eigenvalue weighted by atomic mass is 19.4. The highest BCUT2D eigenvalue weighted by Crippen LogP contribution is 2.42. The van der Waals surface area contributed by atoms with E-state index in [1.807, 2.05) is 24.3 Å². The summed E-state index contributed by atoms with van der Waals surface area (Å²) in [4.78, 5) is 74.1. The van der Waals surface area contributed by atoms with Crippen molar-refractivity contribution in [1.82, 2.24) is 24.5 Å². The van der Waals surface area contributed by atoms with Gasteiger partial charge in [0.05, 0.1) is 16.8 Å². The van der Waals surface area contributed by atoms with E-state index in [0.717, 1.165) is 44.6 Å². The fourth-order valence-electron chi connectivity index (χ4n) is 8.51. The van der Waals surface area contributed by atoms with Crippen molar-refractivity contribution in [1.29, 1.82) is 0 Å². The van der Waals surface area contributed by atoms with Gasteiger partial charge in [0, 0.05) is 50.5 Å². The van der Waals surface area contributed by atoms with Gasteiger partial charge in [0.2, 0.25) is 0 Å². The molecule has 0 aromatic carbocycles. The summed E-state index contributed by atoms with van der Waals surface area (Å²) >= 11 is 0. The first-order valence-corrected chi connectivity index (χ1v) is 20.9. The number of aromatic nitrogens is 5. The van der Waals surface area contributed by atoms with E-state index >= 15 is 0 Å². The summed E-state index contributed by atoms with van der Waals surface area (Å²) in [6, 6.07) is 8.63. The van der Waals surface area contributed by atoms with Gasteiger partial charge in [-0.2, -0.15) is 26.3 Å². The lowest BCUT2D eigenvalue weighted by Gasteiger charge is -2.31. The number of rotatable bonds is 6. The minimum absolute atomic E-state index is 0.0502. The van der Waals surface area contributed by atoms with E-state index in [4.69, 9.17) is 9.47 Å². The zero-order valence-corrected chi connectivity index (χ0v) is 37.2. The first kappa shape index (κ1) is 47.7. The van der Waals surface area contributed by atoms with Gasteiger partial charge < -0.3 is 24.3 Å². The largest absolute Gasteiger partial charge is 0.416 e. The van der Waals surface area contributed by atoms with Gasteiger partial charge in [-0.25, -0.2) is 19.9 Å². The molecule has 5 aromatic heterocycles. The molecule has 6 atom stereocenters. The first-order chi connectivity index (χ1) is 31.7. The maximum Gasteiger partial charge on any atom is 0.416 e. The fourth-order valence-corrected chi connectivity index (χ4v) is 8.51. The maximum absolute atomic E-state index is 13.8. The van der Waals surface area contributed by atoms with E-state index < -0.39 is 95.2 Å². The third kappa shape index (κ3) is 8.65. The van der Waals surface area contributed by atoms with Crippen LogP contribution in [0.5, 0.6) is 0 Å². The van der Waals surface area contributed by atoms with Crippen LogP contribution in [0, 0.1) is 13.8 Å². The van der Waals surface area contributed by atoms with E-state index in [1.54, 1.807) is 49.9 Å². The summed E-state index contributed by atoms with van der Waals surface area (Å²) < 4.78 is 93.8. The second-order valence-corrected chi connectivity index (χ2v) is 17.1. The average molecular weight is 952 g/mol. The monoisotopic (exact) mass is 951 g/mol. The predicted molar refractivity (Wildman–Crippen MR) is 231 cm³/mol. The van der Waals surface area contributed by atoms with Crippen molar-refractivity contribution < 1.29 is 65.2 Å². The number of nitrogens with zero attached hydrogens (tertiary/aromatic N) is 9. The lowest BCUT2D eigenvalue weighted by atomic mass is 10.1. The number of carbonyl (C=O) groups is 4.